The Labute approximate surface area is 56.7 Å². The Balaban J connectivity index is 2.92. The Hall–Kier alpha value is -0.271. The van der Waals surface area contributed by atoms with Crippen molar-refractivity contribution in [2.45, 2.75) is 13.5 Å². The van der Waals surface area contributed by atoms with Gasteiger partial charge in [-0.15, -0.1) is 0 Å². The summed E-state index contributed by atoms with van der Waals surface area (Å²) in [6, 6.07) is 0. The molecule has 3 heteroatoms. The summed E-state index contributed by atoms with van der Waals surface area (Å²) < 4.78 is 2.56. The van der Waals surface area contributed by atoms with Gasteiger partial charge in [-0.1, -0.05) is 0 Å². The molecule has 0 bridgehead atoms. The number of hydrogen-bond donors (Lipinski definition) is 0. The Morgan fingerprint density at radius 2 is 2.62 bits per heavy atom. The summed E-state index contributed by atoms with van der Waals surface area (Å²) in [6.07, 6.45) is 3.58. The van der Waals surface area contributed by atoms with Crippen LogP contribution in [-0.4, -0.2) is 9.55 Å². The molecule has 1 aromatic rings. The van der Waals surface area contributed by atoms with Crippen LogP contribution in [0, 0.1) is 0 Å². The van der Waals surface area contributed by atoms with Gasteiger partial charge in [0.1, 0.15) is 0 Å². The second-order valence-corrected chi connectivity index (χ2v) is 1.87. The van der Waals surface area contributed by atoms with Crippen molar-refractivity contribution < 1.29 is 16.0 Å². The molecule has 0 spiro atoms. The summed E-state index contributed by atoms with van der Waals surface area (Å²) >= 11 is 4.98. The van der Waals surface area contributed by atoms with E-state index in [2.05, 4.69) is 4.98 Å². The monoisotopic (exact) mass is 158 g/mol. The Kier molecular flexibility index (Phi) is 1.71. The molecule has 1 aromatic heterocycles. The summed E-state index contributed by atoms with van der Waals surface area (Å²) in [5, 5.41) is 0. The topological polar surface area (TPSA) is 17.8 Å². The zero-order valence-corrected chi connectivity index (χ0v) is 5.50. The van der Waals surface area contributed by atoms with E-state index in [9.17, 15) is 0 Å². The van der Waals surface area contributed by atoms with Crippen LogP contribution in [0.15, 0.2) is 12.4 Å². The number of imidazole rings is 1. The Morgan fingerprint density at radius 3 is 2.88 bits per heavy atom. The molecule has 0 saturated carbocycles. The molecule has 0 aliphatic carbocycles. The van der Waals surface area contributed by atoms with Gasteiger partial charge in [-0.2, -0.15) is 0 Å². The Morgan fingerprint density at radius 1 is 1.88 bits per heavy atom. The van der Waals surface area contributed by atoms with Crippen LogP contribution in [-0.2, 0) is 22.6 Å². The third-order valence-electron chi connectivity index (χ3n) is 0.974. The number of rotatable bonds is 1. The number of hydrogen-bond acceptors (Lipinski definition) is 1. The van der Waals surface area contributed by atoms with Gasteiger partial charge in [0.25, 0.3) is 0 Å². The summed E-state index contributed by atoms with van der Waals surface area (Å²) in [5.41, 5.74) is 0. The minimum atomic E-state index is 0.653. The van der Waals surface area contributed by atoms with Gasteiger partial charge >= 0.3 is 56.1 Å². The maximum atomic E-state index is 4.98. The fourth-order valence-corrected chi connectivity index (χ4v) is 0.813. The van der Waals surface area contributed by atoms with E-state index in [1.807, 2.05) is 17.7 Å². The van der Waals surface area contributed by atoms with Crippen LogP contribution in [0.4, 0.5) is 0 Å². The third kappa shape index (κ3) is 0.932. The summed E-state index contributed by atoms with van der Waals surface area (Å²) in [4.78, 5) is 3.86. The van der Waals surface area contributed by atoms with Crippen LogP contribution >= 0.6 is 0 Å². The van der Waals surface area contributed by atoms with Gasteiger partial charge in [0, 0.05) is 0 Å². The van der Waals surface area contributed by atoms with E-state index in [0.29, 0.717) is 4.72 Å². The van der Waals surface area contributed by atoms with Crippen LogP contribution < -0.4 is 4.72 Å². The molecule has 2 nitrogen and oxygen atoms in total. The van der Waals surface area contributed by atoms with Crippen molar-refractivity contribution in [1.82, 2.24) is 9.55 Å². The molecular formula is C5H7CuN2. The van der Waals surface area contributed by atoms with Crippen LogP contribution in [0.3, 0.4) is 0 Å². The molecule has 0 unspecified atom stereocenters. The maximum absolute atomic E-state index is 4.98. The molecule has 0 N–H and O–H groups in total. The number of aromatic nitrogens is 2. The van der Waals surface area contributed by atoms with Crippen molar-refractivity contribution in [3.8, 4) is 0 Å². The van der Waals surface area contributed by atoms with E-state index < -0.39 is 0 Å². The van der Waals surface area contributed by atoms with Gasteiger partial charge in [0.05, 0.1) is 0 Å². The first-order valence-corrected chi connectivity index (χ1v) is 2.94. The molecule has 0 amide bonds. The summed E-state index contributed by atoms with van der Waals surface area (Å²) in [6.45, 7) is 2.95. The van der Waals surface area contributed by atoms with E-state index in [4.69, 9.17) is 16.0 Å². The standard InChI is InChI=1S/C5H7N2.Cu/c1-2-7-4-3-6-5-7;/h3-4H,2H2,1H3;. The first-order chi connectivity index (χ1) is 3.84. The molecule has 8 heavy (non-hydrogen) atoms. The van der Waals surface area contributed by atoms with Gasteiger partial charge in [-0.05, 0) is 0 Å². The molecule has 1 heterocycles. The molecule has 0 aromatic carbocycles. The fraction of sp³-hybridized carbons (Fsp3) is 0.400. The molecule has 0 aliphatic rings. The summed E-state index contributed by atoms with van der Waals surface area (Å²) in [7, 11) is 0. The Bertz CT molecular complexity index is 171. The van der Waals surface area contributed by atoms with Gasteiger partial charge in [0.2, 0.25) is 0 Å². The second kappa shape index (κ2) is 2.33. The first-order valence-electron chi connectivity index (χ1n) is 2.47. The zero-order valence-electron chi connectivity index (χ0n) is 4.56. The predicted molar refractivity (Wildman–Crippen MR) is 27.5 cm³/mol. The average Bonchev–Trinajstić information content (AvgIpc) is 2.14. The van der Waals surface area contributed by atoms with Gasteiger partial charge in [-0.3, -0.25) is 0 Å². The van der Waals surface area contributed by atoms with Crippen molar-refractivity contribution in [3.63, 3.8) is 0 Å². The van der Waals surface area contributed by atoms with Crippen molar-refractivity contribution in [3.05, 3.63) is 12.4 Å². The van der Waals surface area contributed by atoms with Crippen LogP contribution in [0.1, 0.15) is 6.92 Å². The number of aryl methyl sites for hydroxylation is 1. The average molecular weight is 159 g/mol. The van der Waals surface area contributed by atoms with E-state index >= 15 is 0 Å². The molecule has 48 valence electrons. The predicted octanol–water partition coefficient (Wildman–Crippen LogP) is 0.0751. The normalized spacial score (nSPS) is 9.88. The van der Waals surface area contributed by atoms with Crippen molar-refractivity contribution >= 4 is 4.72 Å². The van der Waals surface area contributed by atoms with Crippen LogP contribution in [0.25, 0.3) is 0 Å². The van der Waals surface area contributed by atoms with Crippen molar-refractivity contribution in [2.75, 3.05) is 0 Å². The zero-order chi connectivity index (χ0) is 5.98. The van der Waals surface area contributed by atoms with E-state index in [-0.39, 0.29) is 0 Å². The van der Waals surface area contributed by atoms with Crippen LogP contribution in [0.5, 0.6) is 0 Å². The molecular weight excluding hydrogens is 152 g/mol. The third-order valence-corrected chi connectivity index (χ3v) is 1.37. The van der Waals surface area contributed by atoms with Gasteiger partial charge < -0.3 is 0 Å². The first kappa shape index (κ1) is 5.86. The summed E-state index contributed by atoms with van der Waals surface area (Å²) in [5.74, 6) is 0. The van der Waals surface area contributed by atoms with E-state index in [0.717, 1.165) is 6.54 Å². The molecule has 1 rings (SSSR count). The molecule has 0 atom stereocenters. The van der Waals surface area contributed by atoms with Crippen molar-refractivity contribution in [2.24, 2.45) is 0 Å². The fourth-order valence-electron chi connectivity index (χ4n) is 0.523. The van der Waals surface area contributed by atoms with E-state index in [1.165, 1.54) is 0 Å². The SMILES string of the molecule is CCn1ccn[c]1[Cu]. The molecule has 0 radical (unpaired) electrons. The molecule has 0 fully saturated rings. The quantitative estimate of drug-likeness (QED) is 0.530. The van der Waals surface area contributed by atoms with Crippen LogP contribution in [0.2, 0.25) is 0 Å². The second-order valence-electron chi connectivity index (χ2n) is 1.45. The number of nitrogens with zero attached hydrogens (tertiary/aromatic N) is 2. The van der Waals surface area contributed by atoms with Gasteiger partial charge in [0.15, 0.2) is 0 Å². The van der Waals surface area contributed by atoms with Gasteiger partial charge in [-0.25, -0.2) is 0 Å². The van der Waals surface area contributed by atoms with E-state index in [1.54, 1.807) is 6.20 Å². The molecule has 0 aliphatic heterocycles. The van der Waals surface area contributed by atoms with Crippen molar-refractivity contribution in [1.29, 1.82) is 0 Å². The minimum absolute atomic E-state index is 0.653. The molecule has 0 saturated heterocycles.